The first-order chi connectivity index (χ1) is 11.3. The predicted molar refractivity (Wildman–Crippen MR) is 77.6 cm³/mol. The van der Waals surface area contributed by atoms with Crippen molar-refractivity contribution < 1.29 is 27.5 Å². The number of alkyl halides is 3. The summed E-state index contributed by atoms with van der Waals surface area (Å²) in [6.07, 6.45) is 0.122. The largest absolute Gasteiger partial charge is 0.573 e. The smallest absolute Gasteiger partial charge is 0.438 e. The maximum atomic E-state index is 12.2. The molecule has 0 spiro atoms. The number of pyridine rings is 1. The van der Waals surface area contributed by atoms with Crippen LogP contribution >= 0.6 is 0 Å². The fraction of sp³-hybridized carbons (Fsp3) is 0.188. The van der Waals surface area contributed by atoms with Gasteiger partial charge in [0.05, 0.1) is 6.20 Å². The van der Waals surface area contributed by atoms with Crippen molar-refractivity contribution >= 4 is 0 Å². The Hall–Kier alpha value is -2.74. The number of nitrogens with one attached hydrogen (secondary N) is 1. The number of benzene rings is 1. The lowest BCUT2D eigenvalue weighted by Crippen LogP contribution is -2.23. The highest BCUT2D eigenvalue weighted by Gasteiger charge is 2.34. The van der Waals surface area contributed by atoms with E-state index in [-0.39, 0.29) is 5.75 Å². The Morgan fingerprint density at radius 3 is 2.50 bits per heavy atom. The second-order valence-electron chi connectivity index (χ2n) is 5.18. The van der Waals surface area contributed by atoms with Crippen LogP contribution in [-0.2, 0) is 10.4 Å². The van der Waals surface area contributed by atoms with Gasteiger partial charge in [0.1, 0.15) is 17.1 Å². The quantitative estimate of drug-likeness (QED) is 0.922. The minimum atomic E-state index is -4.72. The molecule has 0 aliphatic carbocycles. The van der Waals surface area contributed by atoms with Crippen LogP contribution in [0.1, 0.15) is 12.5 Å². The molecule has 24 heavy (non-hydrogen) atoms. The number of nitrogens with zero attached hydrogens (tertiary/aromatic N) is 1. The SMILES string of the molecule is C[C@@]1(c2ccc(OC(F)(F)F)cc2)C=C(Oc2cccnc2)NO1. The molecular formula is C16H13F3N2O3. The minimum Gasteiger partial charge on any atom is -0.438 e. The Balaban J connectivity index is 1.74. The third-order valence-corrected chi connectivity index (χ3v) is 3.29. The van der Waals surface area contributed by atoms with Gasteiger partial charge in [-0.1, -0.05) is 12.1 Å². The minimum absolute atomic E-state index is 0.295. The molecule has 5 nitrogen and oxygen atoms in total. The molecule has 0 bridgehead atoms. The molecule has 0 radical (unpaired) electrons. The molecule has 126 valence electrons. The summed E-state index contributed by atoms with van der Waals surface area (Å²) >= 11 is 0. The average Bonchev–Trinajstić information content (AvgIpc) is 2.90. The van der Waals surface area contributed by atoms with Gasteiger partial charge < -0.3 is 9.47 Å². The molecule has 2 heterocycles. The van der Waals surface area contributed by atoms with Gasteiger partial charge in [-0.15, -0.1) is 13.2 Å². The summed E-state index contributed by atoms with van der Waals surface area (Å²) in [5, 5.41) is 0. The Morgan fingerprint density at radius 1 is 1.12 bits per heavy atom. The number of rotatable bonds is 4. The first kappa shape index (κ1) is 16.1. The zero-order valence-corrected chi connectivity index (χ0v) is 12.5. The molecule has 1 aliphatic heterocycles. The van der Waals surface area contributed by atoms with Crippen LogP contribution in [0.15, 0.2) is 60.8 Å². The van der Waals surface area contributed by atoms with E-state index in [9.17, 15) is 13.2 Å². The van der Waals surface area contributed by atoms with Gasteiger partial charge in [-0.2, -0.15) is 0 Å². The van der Waals surface area contributed by atoms with E-state index in [2.05, 4.69) is 15.2 Å². The van der Waals surface area contributed by atoms with Gasteiger partial charge in [0.2, 0.25) is 5.88 Å². The highest BCUT2D eigenvalue weighted by molar-refractivity contribution is 5.35. The Morgan fingerprint density at radius 2 is 1.88 bits per heavy atom. The van der Waals surface area contributed by atoms with Crippen molar-refractivity contribution in [3.63, 3.8) is 0 Å². The third-order valence-electron chi connectivity index (χ3n) is 3.29. The van der Waals surface area contributed by atoms with Crippen molar-refractivity contribution in [3.05, 3.63) is 66.3 Å². The van der Waals surface area contributed by atoms with E-state index in [1.807, 2.05) is 0 Å². The monoisotopic (exact) mass is 338 g/mol. The van der Waals surface area contributed by atoms with E-state index in [0.717, 1.165) is 0 Å². The van der Waals surface area contributed by atoms with Gasteiger partial charge in [0.15, 0.2) is 0 Å². The molecule has 1 aromatic carbocycles. The standard InChI is InChI=1S/C16H13F3N2O3/c1-15(11-4-6-12(7-5-11)23-16(17,18)19)9-14(21-24-15)22-13-3-2-8-20-10-13/h2-10,21H,1H3/t15-/m0/s1. The molecule has 1 N–H and O–H groups in total. The fourth-order valence-corrected chi connectivity index (χ4v) is 2.18. The molecular weight excluding hydrogens is 325 g/mol. The lowest BCUT2D eigenvalue weighted by atomic mass is 9.96. The van der Waals surface area contributed by atoms with Crippen LogP contribution < -0.4 is 15.0 Å². The van der Waals surface area contributed by atoms with Crippen LogP contribution in [0.5, 0.6) is 11.5 Å². The second kappa shape index (κ2) is 6.04. The number of ether oxygens (including phenoxy) is 2. The average molecular weight is 338 g/mol. The zero-order chi connectivity index (χ0) is 17.2. The molecule has 0 fully saturated rings. The van der Waals surface area contributed by atoms with E-state index in [4.69, 9.17) is 9.57 Å². The van der Waals surface area contributed by atoms with Gasteiger partial charge in [-0.05, 0) is 36.8 Å². The first-order valence-corrected chi connectivity index (χ1v) is 6.95. The van der Waals surface area contributed by atoms with Gasteiger partial charge in [-0.25, -0.2) is 5.48 Å². The van der Waals surface area contributed by atoms with Gasteiger partial charge >= 0.3 is 6.36 Å². The van der Waals surface area contributed by atoms with Crippen LogP contribution in [0.4, 0.5) is 13.2 Å². The van der Waals surface area contributed by atoms with E-state index in [0.29, 0.717) is 17.2 Å². The van der Waals surface area contributed by atoms with Gasteiger partial charge in [0.25, 0.3) is 0 Å². The van der Waals surface area contributed by atoms with Crippen molar-refractivity contribution in [2.24, 2.45) is 0 Å². The summed E-state index contributed by atoms with van der Waals surface area (Å²) in [7, 11) is 0. The molecule has 3 rings (SSSR count). The van der Waals surface area contributed by atoms with Gasteiger partial charge in [-0.3, -0.25) is 9.82 Å². The zero-order valence-electron chi connectivity index (χ0n) is 12.5. The maximum absolute atomic E-state index is 12.2. The predicted octanol–water partition coefficient (Wildman–Crippen LogP) is 3.65. The molecule has 0 saturated carbocycles. The van der Waals surface area contributed by atoms with Crippen molar-refractivity contribution in [2.75, 3.05) is 0 Å². The summed E-state index contributed by atoms with van der Waals surface area (Å²) in [6.45, 7) is 1.75. The van der Waals surface area contributed by atoms with Crippen molar-refractivity contribution in [3.8, 4) is 11.5 Å². The fourth-order valence-electron chi connectivity index (χ4n) is 2.18. The molecule has 0 saturated heterocycles. The van der Waals surface area contributed by atoms with Crippen LogP contribution in [0.3, 0.4) is 0 Å². The summed E-state index contributed by atoms with van der Waals surface area (Å²) in [5.74, 6) is 0.593. The van der Waals surface area contributed by atoms with E-state index < -0.39 is 12.0 Å². The topological polar surface area (TPSA) is 52.6 Å². The summed E-state index contributed by atoms with van der Waals surface area (Å²) in [4.78, 5) is 9.43. The third kappa shape index (κ3) is 3.77. The number of halogens is 3. The molecule has 1 atom stereocenters. The van der Waals surface area contributed by atoms with Crippen LogP contribution in [0.2, 0.25) is 0 Å². The van der Waals surface area contributed by atoms with E-state index in [1.165, 1.54) is 24.3 Å². The molecule has 0 unspecified atom stereocenters. The summed E-state index contributed by atoms with van der Waals surface area (Å²) in [5.41, 5.74) is 2.39. The van der Waals surface area contributed by atoms with E-state index in [1.54, 1.807) is 37.5 Å². The van der Waals surface area contributed by atoms with Crippen molar-refractivity contribution in [1.82, 2.24) is 10.5 Å². The lowest BCUT2D eigenvalue weighted by molar-refractivity contribution is -0.274. The second-order valence-corrected chi connectivity index (χ2v) is 5.18. The summed E-state index contributed by atoms with van der Waals surface area (Å²) < 4.78 is 46.0. The maximum Gasteiger partial charge on any atom is 0.573 e. The molecule has 0 amide bonds. The molecule has 1 aliphatic rings. The number of hydrogen-bond acceptors (Lipinski definition) is 5. The highest BCUT2D eigenvalue weighted by Crippen LogP contribution is 2.33. The Bertz CT molecular complexity index is 732. The van der Waals surface area contributed by atoms with Crippen LogP contribution in [-0.4, -0.2) is 11.3 Å². The molecule has 1 aromatic heterocycles. The van der Waals surface area contributed by atoms with Gasteiger partial charge in [0, 0.05) is 12.3 Å². The molecule has 8 heteroatoms. The molecule has 2 aromatic rings. The highest BCUT2D eigenvalue weighted by atomic mass is 19.4. The Labute approximate surface area is 135 Å². The number of hydroxylamine groups is 1. The normalized spacial score (nSPS) is 20.2. The first-order valence-electron chi connectivity index (χ1n) is 6.95. The number of hydrogen-bond donors (Lipinski definition) is 1. The van der Waals surface area contributed by atoms with E-state index >= 15 is 0 Å². The lowest BCUT2D eigenvalue weighted by Gasteiger charge is -2.20. The van der Waals surface area contributed by atoms with Crippen LogP contribution in [0.25, 0.3) is 0 Å². The van der Waals surface area contributed by atoms with Crippen molar-refractivity contribution in [2.45, 2.75) is 18.9 Å². The van der Waals surface area contributed by atoms with Crippen LogP contribution in [0, 0.1) is 0 Å². The van der Waals surface area contributed by atoms with Crippen molar-refractivity contribution in [1.29, 1.82) is 0 Å². The number of aromatic nitrogens is 1. The Kier molecular flexibility index (Phi) is 4.06. The summed E-state index contributed by atoms with van der Waals surface area (Å²) in [6, 6.07) is 8.90.